The Bertz CT molecular complexity index is 517. The van der Waals surface area contributed by atoms with Crippen molar-refractivity contribution >= 4 is 5.91 Å². The topological polar surface area (TPSA) is 52.6 Å². The molecule has 0 aromatic heterocycles. The molecule has 20 heavy (non-hydrogen) atoms. The van der Waals surface area contributed by atoms with Gasteiger partial charge in [-0.05, 0) is 36.5 Å². The quantitative estimate of drug-likeness (QED) is 0.861. The van der Waals surface area contributed by atoms with E-state index in [-0.39, 0.29) is 17.7 Å². The molecule has 2 aliphatic rings. The van der Waals surface area contributed by atoms with Gasteiger partial charge in [-0.3, -0.25) is 4.79 Å². The van der Waals surface area contributed by atoms with Crippen LogP contribution in [0.2, 0.25) is 0 Å². The van der Waals surface area contributed by atoms with Crippen molar-refractivity contribution in [3.05, 3.63) is 29.6 Å². The maximum atomic E-state index is 13.2. The lowest BCUT2D eigenvalue weighted by Gasteiger charge is -2.16. The number of halogens is 1. The molecular formula is C15H19FN2O2. The Hall–Kier alpha value is -1.62. The van der Waals surface area contributed by atoms with Gasteiger partial charge in [-0.15, -0.1) is 0 Å². The molecule has 1 aliphatic carbocycles. The van der Waals surface area contributed by atoms with Crippen molar-refractivity contribution < 1.29 is 14.3 Å². The van der Waals surface area contributed by atoms with E-state index in [0.717, 1.165) is 18.7 Å². The zero-order valence-corrected chi connectivity index (χ0v) is 11.3. The number of rotatable bonds is 5. The zero-order chi connectivity index (χ0) is 14.1. The van der Waals surface area contributed by atoms with Crippen molar-refractivity contribution in [3.63, 3.8) is 0 Å². The summed E-state index contributed by atoms with van der Waals surface area (Å²) < 4.78 is 13.2. The zero-order valence-electron chi connectivity index (χ0n) is 11.3. The van der Waals surface area contributed by atoms with Crippen LogP contribution in [0.3, 0.4) is 0 Å². The summed E-state index contributed by atoms with van der Waals surface area (Å²) in [5.74, 6) is -0.0160. The average Bonchev–Trinajstić information content (AvgIpc) is 3.16. The summed E-state index contributed by atoms with van der Waals surface area (Å²) in [5, 5.41) is 12.4. The summed E-state index contributed by atoms with van der Waals surface area (Å²) in [6, 6.07) is 4.50. The van der Waals surface area contributed by atoms with Crippen LogP contribution in [-0.4, -0.2) is 35.0 Å². The van der Waals surface area contributed by atoms with E-state index in [1.807, 2.05) is 4.90 Å². The summed E-state index contributed by atoms with van der Waals surface area (Å²) in [6.45, 7) is 2.15. The number of aromatic hydroxyl groups is 1. The van der Waals surface area contributed by atoms with Gasteiger partial charge in [0.1, 0.15) is 0 Å². The highest BCUT2D eigenvalue weighted by atomic mass is 19.1. The van der Waals surface area contributed by atoms with Gasteiger partial charge in [0.2, 0.25) is 5.91 Å². The molecule has 108 valence electrons. The highest BCUT2D eigenvalue weighted by Crippen LogP contribution is 2.31. The first kappa shape index (κ1) is 13.4. The van der Waals surface area contributed by atoms with Crippen LogP contribution in [-0.2, 0) is 11.3 Å². The summed E-state index contributed by atoms with van der Waals surface area (Å²) in [6.07, 6.45) is 3.01. The number of benzene rings is 1. The molecule has 1 aliphatic heterocycles. The smallest absolute Gasteiger partial charge is 0.224 e. The fourth-order valence-corrected chi connectivity index (χ4v) is 2.62. The number of carbonyl (C=O) groups is 1. The molecular weight excluding hydrogens is 259 g/mol. The molecule has 1 saturated heterocycles. The van der Waals surface area contributed by atoms with E-state index in [2.05, 4.69) is 5.32 Å². The van der Waals surface area contributed by atoms with Crippen molar-refractivity contribution in [2.75, 3.05) is 13.1 Å². The van der Waals surface area contributed by atoms with Gasteiger partial charge in [-0.25, -0.2) is 4.39 Å². The molecule has 5 heteroatoms. The number of amides is 1. The summed E-state index contributed by atoms with van der Waals surface area (Å²) in [7, 11) is 0. The number of phenolic OH excluding ortho intramolecular Hbond substituents is 1. The second kappa shape index (κ2) is 5.40. The predicted octanol–water partition coefficient (Wildman–Crippen LogP) is 1.63. The first-order valence-electron chi connectivity index (χ1n) is 7.10. The van der Waals surface area contributed by atoms with E-state index >= 15 is 0 Å². The van der Waals surface area contributed by atoms with Gasteiger partial charge in [0, 0.05) is 32.1 Å². The number of phenols is 1. The van der Waals surface area contributed by atoms with Crippen LogP contribution in [0.1, 0.15) is 24.8 Å². The summed E-state index contributed by atoms with van der Waals surface area (Å²) in [5.41, 5.74) is 0.772. The number of likely N-dealkylation sites (tertiary alicyclic amines) is 1. The number of hydrogen-bond acceptors (Lipinski definition) is 3. The lowest BCUT2D eigenvalue weighted by Crippen LogP contribution is -2.33. The predicted molar refractivity (Wildman–Crippen MR) is 72.6 cm³/mol. The fourth-order valence-electron chi connectivity index (χ4n) is 2.62. The molecule has 3 rings (SSSR count). The molecule has 0 radical (unpaired) electrons. The van der Waals surface area contributed by atoms with E-state index in [4.69, 9.17) is 5.11 Å². The lowest BCUT2D eigenvalue weighted by molar-refractivity contribution is -0.127. The van der Waals surface area contributed by atoms with Crippen LogP contribution in [0, 0.1) is 11.7 Å². The van der Waals surface area contributed by atoms with Gasteiger partial charge >= 0.3 is 0 Å². The van der Waals surface area contributed by atoms with E-state index in [0.29, 0.717) is 18.9 Å². The van der Waals surface area contributed by atoms with Crippen molar-refractivity contribution in [1.29, 1.82) is 0 Å². The molecule has 0 spiro atoms. The largest absolute Gasteiger partial charge is 0.505 e. The molecule has 2 N–H and O–H groups in total. The van der Waals surface area contributed by atoms with E-state index in [9.17, 15) is 9.18 Å². The van der Waals surface area contributed by atoms with Crippen molar-refractivity contribution in [2.24, 2.45) is 5.92 Å². The van der Waals surface area contributed by atoms with Crippen molar-refractivity contribution in [3.8, 4) is 5.75 Å². The first-order chi connectivity index (χ1) is 9.61. The third kappa shape index (κ3) is 3.10. The normalized spacial score (nSPS) is 22.6. The standard InChI is InChI=1S/C15H19FN2O2/c16-13-5-11(3-4-14(13)19)7-17-12-6-15(20)18(9-12)8-10-1-2-10/h3-5,10,12,17,19H,1-2,6-9H2. The number of carbonyl (C=O) groups excluding carboxylic acids is 1. The number of hydrogen-bond donors (Lipinski definition) is 2. The Labute approximate surface area is 117 Å². The number of nitrogens with zero attached hydrogens (tertiary/aromatic N) is 1. The minimum absolute atomic E-state index is 0.137. The maximum Gasteiger partial charge on any atom is 0.224 e. The third-order valence-corrected chi connectivity index (χ3v) is 4.00. The van der Waals surface area contributed by atoms with Gasteiger partial charge in [-0.1, -0.05) is 6.07 Å². The monoisotopic (exact) mass is 278 g/mol. The van der Waals surface area contributed by atoms with Gasteiger partial charge in [0.15, 0.2) is 11.6 Å². The molecule has 1 amide bonds. The van der Waals surface area contributed by atoms with Crippen LogP contribution < -0.4 is 5.32 Å². The SMILES string of the molecule is O=C1CC(NCc2ccc(O)c(F)c2)CN1CC1CC1. The molecule has 1 saturated carbocycles. The molecule has 1 heterocycles. The van der Waals surface area contributed by atoms with Gasteiger partial charge in [0.05, 0.1) is 0 Å². The van der Waals surface area contributed by atoms with Crippen LogP contribution in [0.4, 0.5) is 4.39 Å². The molecule has 1 aromatic rings. The summed E-state index contributed by atoms with van der Waals surface area (Å²) >= 11 is 0. The van der Waals surface area contributed by atoms with Gasteiger partial charge in [0.25, 0.3) is 0 Å². The second-order valence-corrected chi connectivity index (χ2v) is 5.81. The first-order valence-corrected chi connectivity index (χ1v) is 7.10. The number of nitrogens with one attached hydrogen (secondary N) is 1. The van der Waals surface area contributed by atoms with Crippen LogP contribution in [0.15, 0.2) is 18.2 Å². The molecule has 1 atom stereocenters. The van der Waals surface area contributed by atoms with Crippen LogP contribution >= 0.6 is 0 Å². The molecule has 1 aromatic carbocycles. The Morgan fingerprint density at radius 2 is 2.20 bits per heavy atom. The van der Waals surface area contributed by atoms with E-state index in [1.54, 1.807) is 6.07 Å². The second-order valence-electron chi connectivity index (χ2n) is 5.81. The molecule has 2 fully saturated rings. The molecule has 4 nitrogen and oxygen atoms in total. The molecule has 0 bridgehead atoms. The van der Waals surface area contributed by atoms with Crippen LogP contribution in [0.5, 0.6) is 5.75 Å². The van der Waals surface area contributed by atoms with Crippen molar-refractivity contribution in [2.45, 2.75) is 31.8 Å². The van der Waals surface area contributed by atoms with Crippen LogP contribution in [0.25, 0.3) is 0 Å². The lowest BCUT2D eigenvalue weighted by atomic mass is 10.2. The van der Waals surface area contributed by atoms with E-state index in [1.165, 1.54) is 25.0 Å². The molecule has 1 unspecified atom stereocenters. The van der Waals surface area contributed by atoms with Crippen molar-refractivity contribution in [1.82, 2.24) is 10.2 Å². The average molecular weight is 278 g/mol. The Kier molecular flexibility index (Phi) is 3.61. The Morgan fingerprint density at radius 1 is 1.40 bits per heavy atom. The Morgan fingerprint density at radius 3 is 2.90 bits per heavy atom. The van der Waals surface area contributed by atoms with E-state index < -0.39 is 5.82 Å². The maximum absolute atomic E-state index is 13.2. The highest BCUT2D eigenvalue weighted by Gasteiger charge is 2.33. The Balaban J connectivity index is 1.51. The third-order valence-electron chi connectivity index (χ3n) is 4.00. The fraction of sp³-hybridized carbons (Fsp3) is 0.533. The minimum Gasteiger partial charge on any atom is -0.505 e. The minimum atomic E-state index is -0.609. The highest BCUT2D eigenvalue weighted by molar-refractivity contribution is 5.79. The summed E-state index contributed by atoms with van der Waals surface area (Å²) in [4.78, 5) is 13.8. The van der Waals surface area contributed by atoms with Gasteiger partial charge in [-0.2, -0.15) is 0 Å². The van der Waals surface area contributed by atoms with Gasteiger partial charge < -0.3 is 15.3 Å².